The highest BCUT2D eigenvalue weighted by atomic mass is 16.5. The summed E-state index contributed by atoms with van der Waals surface area (Å²) in [4.78, 5) is 0. The minimum absolute atomic E-state index is 0.216. The average molecular weight is 174 g/mol. The Balaban J connectivity index is 2.24. The average Bonchev–Trinajstić information content (AvgIpc) is 2.49. The summed E-state index contributed by atoms with van der Waals surface area (Å²) in [6.07, 6.45) is 0.216. The minimum Gasteiger partial charge on any atom is -0.369 e. The van der Waals surface area contributed by atoms with E-state index in [0.29, 0.717) is 12.5 Å². The first-order valence-electron chi connectivity index (χ1n) is 4.63. The highest BCUT2D eigenvalue weighted by molar-refractivity contribution is 5.23. The summed E-state index contributed by atoms with van der Waals surface area (Å²) >= 11 is 0. The number of benzene rings is 1. The van der Waals surface area contributed by atoms with Crippen LogP contribution < -0.4 is 0 Å². The lowest BCUT2D eigenvalue weighted by Crippen LogP contribution is -2.03. The second kappa shape index (κ2) is 3.35. The van der Waals surface area contributed by atoms with Crippen LogP contribution in [0, 0.1) is 5.92 Å². The summed E-state index contributed by atoms with van der Waals surface area (Å²) in [5.74, 6) is 0.447. The van der Waals surface area contributed by atoms with E-state index >= 15 is 0 Å². The molecule has 0 amide bonds. The van der Waals surface area contributed by atoms with E-state index in [1.807, 2.05) is 18.2 Å². The molecule has 13 heavy (non-hydrogen) atoms. The third-order valence-electron chi connectivity index (χ3n) is 2.67. The maximum absolute atomic E-state index is 5.66. The first-order chi connectivity index (χ1) is 6.29. The van der Waals surface area contributed by atoms with Crippen molar-refractivity contribution in [1.29, 1.82) is 0 Å². The molecule has 68 valence electrons. The Bertz CT molecular complexity index is 302. The first-order valence-corrected chi connectivity index (χ1v) is 4.63. The molecule has 1 aliphatic rings. The van der Waals surface area contributed by atoms with Crippen LogP contribution in [0.4, 0.5) is 0 Å². The predicted octanol–water partition coefficient (Wildman–Crippen LogP) is 2.95. The first kappa shape index (κ1) is 8.52. The smallest absolute Gasteiger partial charge is 0.0892 e. The molecule has 1 nitrogen and oxygen atoms in total. The molecule has 2 atom stereocenters. The van der Waals surface area contributed by atoms with E-state index in [4.69, 9.17) is 4.74 Å². The summed E-state index contributed by atoms with van der Waals surface area (Å²) < 4.78 is 5.66. The molecule has 0 saturated carbocycles. The molecule has 1 aromatic rings. The molecular weight excluding hydrogens is 160 g/mol. The van der Waals surface area contributed by atoms with Crippen molar-refractivity contribution in [3.8, 4) is 0 Å². The van der Waals surface area contributed by atoms with Gasteiger partial charge in [-0.2, -0.15) is 0 Å². The van der Waals surface area contributed by atoms with E-state index in [1.54, 1.807) is 0 Å². The summed E-state index contributed by atoms with van der Waals surface area (Å²) in [6, 6.07) is 10.3. The maximum atomic E-state index is 5.66. The van der Waals surface area contributed by atoms with Crippen LogP contribution in [0.3, 0.4) is 0 Å². The van der Waals surface area contributed by atoms with Crippen molar-refractivity contribution in [2.75, 3.05) is 6.61 Å². The second-order valence-corrected chi connectivity index (χ2v) is 3.59. The Hall–Kier alpha value is -1.08. The lowest BCUT2D eigenvalue weighted by molar-refractivity contribution is 0.0951. The largest absolute Gasteiger partial charge is 0.369 e. The predicted molar refractivity (Wildman–Crippen MR) is 53.4 cm³/mol. The molecular formula is C12H14O. The summed E-state index contributed by atoms with van der Waals surface area (Å²) in [5, 5.41) is 0. The SMILES string of the molecule is C=C1COC(c2ccccc2)C1C. The summed E-state index contributed by atoms with van der Waals surface area (Å²) in [7, 11) is 0. The highest BCUT2D eigenvalue weighted by Gasteiger charge is 2.28. The van der Waals surface area contributed by atoms with E-state index in [0.717, 1.165) is 0 Å². The summed E-state index contributed by atoms with van der Waals surface area (Å²) in [5.41, 5.74) is 2.46. The van der Waals surface area contributed by atoms with Gasteiger partial charge in [-0.3, -0.25) is 0 Å². The van der Waals surface area contributed by atoms with Crippen molar-refractivity contribution in [3.05, 3.63) is 48.0 Å². The van der Waals surface area contributed by atoms with E-state index < -0.39 is 0 Å². The molecule has 0 radical (unpaired) electrons. The molecule has 0 N–H and O–H groups in total. The van der Waals surface area contributed by atoms with Crippen LogP contribution in [0.5, 0.6) is 0 Å². The molecule has 1 saturated heterocycles. The molecule has 0 aliphatic carbocycles. The fourth-order valence-electron chi connectivity index (χ4n) is 1.71. The van der Waals surface area contributed by atoms with E-state index in [1.165, 1.54) is 11.1 Å². The second-order valence-electron chi connectivity index (χ2n) is 3.59. The van der Waals surface area contributed by atoms with Gasteiger partial charge in [0.1, 0.15) is 0 Å². The molecule has 1 heteroatoms. The van der Waals surface area contributed by atoms with Crippen LogP contribution in [-0.2, 0) is 4.74 Å². The monoisotopic (exact) mass is 174 g/mol. The molecule has 1 fully saturated rings. The van der Waals surface area contributed by atoms with Gasteiger partial charge in [0.25, 0.3) is 0 Å². The molecule has 2 unspecified atom stereocenters. The number of rotatable bonds is 1. The van der Waals surface area contributed by atoms with Crippen LogP contribution in [0.2, 0.25) is 0 Å². The number of hydrogen-bond donors (Lipinski definition) is 0. The van der Waals surface area contributed by atoms with Crippen LogP contribution in [0.25, 0.3) is 0 Å². The molecule has 2 rings (SSSR count). The van der Waals surface area contributed by atoms with Crippen molar-refractivity contribution in [2.24, 2.45) is 5.92 Å². The fourth-order valence-corrected chi connectivity index (χ4v) is 1.71. The Morgan fingerprint density at radius 2 is 2.00 bits per heavy atom. The number of ether oxygens (including phenoxy) is 1. The Morgan fingerprint density at radius 3 is 2.54 bits per heavy atom. The van der Waals surface area contributed by atoms with Gasteiger partial charge in [0.15, 0.2) is 0 Å². The van der Waals surface area contributed by atoms with Crippen molar-refractivity contribution < 1.29 is 4.74 Å². The zero-order chi connectivity index (χ0) is 9.26. The van der Waals surface area contributed by atoms with Gasteiger partial charge in [0, 0.05) is 5.92 Å². The quantitative estimate of drug-likeness (QED) is 0.595. The fraction of sp³-hybridized carbons (Fsp3) is 0.333. The van der Waals surface area contributed by atoms with Gasteiger partial charge in [-0.05, 0) is 11.1 Å². The Morgan fingerprint density at radius 1 is 1.31 bits per heavy atom. The third kappa shape index (κ3) is 1.52. The van der Waals surface area contributed by atoms with Crippen LogP contribution in [-0.4, -0.2) is 6.61 Å². The Labute approximate surface area is 79.0 Å². The van der Waals surface area contributed by atoms with Gasteiger partial charge in [-0.15, -0.1) is 0 Å². The molecule has 1 aromatic carbocycles. The summed E-state index contributed by atoms with van der Waals surface area (Å²) in [6.45, 7) is 6.87. The molecule has 0 aromatic heterocycles. The van der Waals surface area contributed by atoms with E-state index in [-0.39, 0.29) is 6.10 Å². The van der Waals surface area contributed by atoms with Gasteiger partial charge >= 0.3 is 0 Å². The maximum Gasteiger partial charge on any atom is 0.0892 e. The van der Waals surface area contributed by atoms with Crippen LogP contribution in [0.15, 0.2) is 42.5 Å². The number of hydrogen-bond acceptors (Lipinski definition) is 1. The minimum atomic E-state index is 0.216. The van der Waals surface area contributed by atoms with E-state index in [9.17, 15) is 0 Å². The van der Waals surface area contributed by atoms with Crippen molar-refractivity contribution in [2.45, 2.75) is 13.0 Å². The molecule has 1 aliphatic heterocycles. The van der Waals surface area contributed by atoms with Crippen molar-refractivity contribution >= 4 is 0 Å². The van der Waals surface area contributed by atoms with E-state index in [2.05, 4.69) is 25.6 Å². The standard InChI is InChI=1S/C12H14O/c1-9-8-13-12(10(9)2)11-6-4-3-5-7-11/h3-7,10,12H,1,8H2,2H3. The molecule has 0 bridgehead atoms. The molecule has 0 spiro atoms. The van der Waals surface area contributed by atoms with Crippen molar-refractivity contribution in [1.82, 2.24) is 0 Å². The van der Waals surface area contributed by atoms with Gasteiger partial charge in [0.05, 0.1) is 12.7 Å². The highest BCUT2D eigenvalue weighted by Crippen LogP contribution is 2.36. The third-order valence-corrected chi connectivity index (χ3v) is 2.67. The Kier molecular flexibility index (Phi) is 2.19. The molecule has 1 heterocycles. The van der Waals surface area contributed by atoms with Crippen molar-refractivity contribution in [3.63, 3.8) is 0 Å². The van der Waals surface area contributed by atoms with Gasteiger partial charge in [-0.1, -0.05) is 43.8 Å². The zero-order valence-corrected chi connectivity index (χ0v) is 7.86. The van der Waals surface area contributed by atoms with Crippen LogP contribution in [0.1, 0.15) is 18.6 Å². The van der Waals surface area contributed by atoms with Gasteiger partial charge < -0.3 is 4.74 Å². The van der Waals surface area contributed by atoms with Crippen LogP contribution >= 0.6 is 0 Å². The van der Waals surface area contributed by atoms with Gasteiger partial charge in [0.2, 0.25) is 0 Å². The topological polar surface area (TPSA) is 9.23 Å². The zero-order valence-electron chi connectivity index (χ0n) is 7.86. The normalized spacial score (nSPS) is 27.9. The lowest BCUT2D eigenvalue weighted by atomic mass is 9.95. The van der Waals surface area contributed by atoms with Gasteiger partial charge in [-0.25, -0.2) is 0 Å². The lowest BCUT2D eigenvalue weighted by Gasteiger charge is -2.14.